The maximum Gasteiger partial charge on any atom is 0.0644 e. The van der Waals surface area contributed by atoms with Gasteiger partial charge in [-0.05, 0) is 38.5 Å². The molecule has 0 aliphatic heterocycles. The fraction of sp³-hybridized carbons (Fsp3) is 0.800. The minimum Gasteiger partial charge on any atom is -0.272 e. The van der Waals surface area contributed by atoms with Gasteiger partial charge in [-0.3, -0.25) is 16.0 Å². The molecule has 1 saturated carbocycles. The van der Waals surface area contributed by atoms with Crippen molar-refractivity contribution in [3.8, 4) is 0 Å². The second-order valence-electron chi connectivity index (χ2n) is 6.04. The van der Waals surface area contributed by atoms with Gasteiger partial charge in [0.15, 0.2) is 0 Å². The van der Waals surface area contributed by atoms with E-state index >= 15 is 0 Å². The summed E-state index contributed by atoms with van der Waals surface area (Å²) in [4.78, 5) is 0. The van der Waals surface area contributed by atoms with Crippen molar-refractivity contribution in [3.63, 3.8) is 0 Å². The van der Waals surface area contributed by atoms with Crippen LogP contribution >= 0.6 is 0 Å². The number of hydrazine groups is 1. The van der Waals surface area contributed by atoms with E-state index in [1.165, 1.54) is 43.4 Å². The van der Waals surface area contributed by atoms with Gasteiger partial charge in [0, 0.05) is 18.3 Å². The molecule has 0 spiro atoms. The molecule has 2 rings (SSSR count). The van der Waals surface area contributed by atoms with Crippen molar-refractivity contribution >= 4 is 0 Å². The highest BCUT2D eigenvalue weighted by Gasteiger charge is 2.30. The lowest BCUT2D eigenvalue weighted by atomic mass is 9.76. The average molecular weight is 264 g/mol. The Balaban J connectivity index is 2.16. The second kappa shape index (κ2) is 6.06. The number of aromatic nitrogens is 2. The molecule has 1 aliphatic carbocycles. The van der Waals surface area contributed by atoms with Crippen LogP contribution in [0, 0.1) is 25.7 Å². The van der Waals surface area contributed by atoms with E-state index in [0.717, 1.165) is 11.6 Å². The van der Waals surface area contributed by atoms with E-state index in [1.54, 1.807) is 0 Å². The number of aryl methyl sites for hydroxylation is 2. The molecular weight excluding hydrogens is 236 g/mol. The highest BCUT2D eigenvalue weighted by Crippen LogP contribution is 2.39. The summed E-state index contributed by atoms with van der Waals surface area (Å²) >= 11 is 0. The van der Waals surface area contributed by atoms with Crippen LogP contribution in [0.3, 0.4) is 0 Å². The predicted octanol–water partition coefficient (Wildman–Crippen LogP) is 2.76. The van der Waals surface area contributed by atoms with Crippen LogP contribution in [-0.4, -0.2) is 9.78 Å². The van der Waals surface area contributed by atoms with Gasteiger partial charge in [0.2, 0.25) is 0 Å². The van der Waals surface area contributed by atoms with Crippen LogP contribution < -0.4 is 11.3 Å². The Hall–Kier alpha value is -0.870. The third-order valence-corrected chi connectivity index (χ3v) is 5.00. The first kappa shape index (κ1) is 14.5. The molecular formula is C15H28N4. The fourth-order valence-electron chi connectivity index (χ4n) is 3.63. The van der Waals surface area contributed by atoms with Gasteiger partial charge in [-0.2, -0.15) is 5.10 Å². The van der Waals surface area contributed by atoms with Gasteiger partial charge in [0.25, 0.3) is 0 Å². The number of nitrogens with one attached hydrogen (secondary N) is 1. The third kappa shape index (κ3) is 2.84. The SMILES string of the molecule is CCC1CCC(C(NN)c2c(C)nn(C)c2C)CC1. The molecule has 4 heteroatoms. The molecule has 1 aliphatic rings. The van der Waals surface area contributed by atoms with Crippen LogP contribution in [0.15, 0.2) is 0 Å². The van der Waals surface area contributed by atoms with Crippen molar-refractivity contribution in [1.29, 1.82) is 0 Å². The summed E-state index contributed by atoms with van der Waals surface area (Å²) in [7, 11) is 2.01. The summed E-state index contributed by atoms with van der Waals surface area (Å²) in [5, 5.41) is 4.53. The summed E-state index contributed by atoms with van der Waals surface area (Å²) in [5.41, 5.74) is 6.72. The first-order valence-electron chi connectivity index (χ1n) is 7.54. The van der Waals surface area contributed by atoms with Gasteiger partial charge < -0.3 is 0 Å². The zero-order valence-corrected chi connectivity index (χ0v) is 12.7. The van der Waals surface area contributed by atoms with Crippen LogP contribution in [0.2, 0.25) is 0 Å². The summed E-state index contributed by atoms with van der Waals surface area (Å²) in [6.45, 7) is 6.53. The highest BCUT2D eigenvalue weighted by molar-refractivity contribution is 5.28. The smallest absolute Gasteiger partial charge is 0.0644 e. The van der Waals surface area contributed by atoms with Gasteiger partial charge >= 0.3 is 0 Å². The number of hydrogen-bond donors (Lipinski definition) is 2. The molecule has 3 N–H and O–H groups in total. The molecule has 1 aromatic rings. The largest absolute Gasteiger partial charge is 0.272 e. The standard InChI is InChI=1S/C15H28N4/c1-5-12-6-8-13(9-7-12)15(17-16)14-10(2)18-19(4)11(14)3/h12-13,15,17H,5-9,16H2,1-4H3. The van der Waals surface area contributed by atoms with Gasteiger partial charge in [-0.1, -0.05) is 26.2 Å². The van der Waals surface area contributed by atoms with Crippen LogP contribution in [0.25, 0.3) is 0 Å². The van der Waals surface area contributed by atoms with Crippen molar-refractivity contribution in [2.45, 2.75) is 58.9 Å². The van der Waals surface area contributed by atoms with Crippen molar-refractivity contribution in [1.82, 2.24) is 15.2 Å². The topological polar surface area (TPSA) is 55.9 Å². The number of nitrogens with two attached hydrogens (primary N) is 1. The Morgan fingerprint density at radius 1 is 1.32 bits per heavy atom. The monoisotopic (exact) mass is 264 g/mol. The van der Waals surface area contributed by atoms with Gasteiger partial charge in [-0.15, -0.1) is 0 Å². The summed E-state index contributed by atoms with van der Waals surface area (Å²) in [6.07, 6.45) is 6.57. The minimum absolute atomic E-state index is 0.256. The molecule has 0 radical (unpaired) electrons. The quantitative estimate of drug-likeness (QED) is 0.649. The van der Waals surface area contributed by atoms with Crippen LogP contribution in [0.5, 0.6) is 0 Å². The minimum atomic E-state index is 0.256. The Morgan fingerprint density at radius 2 is 1.95 bits per heavy atom. The molecule has 4 nitrogen and oxygen atoms in total. The molecule has 1 fully saturated rings. The van der Waals surface area contributed by atoms with Crippen LogP contribution in [0.1, 0.15) is 62.0 Å². The lowest BCUT2D eigenvalue weighted by Crippen LogP contribution is -2.36. The lowest BCUT2D eigenvalue weighted by Gasteiger charge is -2.33. The third-order valence-electron chi connectivity index (χ3n) is 5.00. The fourth-order valence-corrected chi connectivity index (χ4v) is 3.63. The van der Waals surface area contributed by atoms with Crippen molar-refractivity contribution in [2.24, 2.45) is 24.7 Å². The van der Waals surface area contributed by atoms with Gasteiger partial charge in [0.05, 0.1) is 11.7 Å². The number of nitrogens with zero attached hydrogens (tertiary/aromatic N) is 2. The Morgan fingerprint density at radius 3 is 2.37 bits per heavy atom. The molecule has 1 atom stereocenters. The first-order chi connectivity index (χ1) is 9.08. The predicted molar refractivity (Wildman–Crippen MR) is 78.5 cm³/mol. The van der Waals surface area contributed by atoms with Crippen LogP contribution in [-0.2, 0) is 7.05 Å². The summed E-state index contributed by atoms with van der Waals surface area (Å²) < 4.78 is 1.96. The summed E-state index contributed by atoms with van der Waals surface area (Å²) in [6, 6.07) is 0.256. The Bertz CT molecular complexity index is 416. The highest BCUT2D eigenvalue weighted by atomic mass is 15.3. The van der Waals surface area contributed by atoms with Gasteiger partial charge in [-0.25, -0.2) is 0 Å². The summed E-state index contributed by atoms with van der Waals surface area (Å²) in [5.74, 6) is 7.43. The molecule has 19 heavy (non-hydrogen) atoms. The second-order valence-corrected chi connectivity index (χ2v) is 6.04. The zero-order valence-electron chi connectivity index (χ0n) is 12.7. The molecule has 108 valence electrons. The van der Waals surface area contributed by atoms with Crippen LogP contribution in [0.4, 0.5) is 0 Å². The van der Waals surface area contributed by atoms with E-state index in [9.17, 15) is 0 Å². The Kier molecular flexibility index (Phi) is 4.63. The number of hydrogen-bond acceptors (Lipinski definition) is 3. The van der Waals surface area contributed by atoms with Crippen molar-refractivity contribution in [3.05, 3.63) is 17.0 Å². The van der Waals surface area contributed by atoms with Crippen molar-refractivity contribution in [2.75, 3.05) is 0 Å². The molecule has 0 amide bonds. The molecule has 1 aromatic heterocycles. The first-order valence-corrected chi connectivity index (χ1v) is 7.54. The molecule has 1 unspecified atom stereocenters. The molecule has 0 saturated heterocycles. The Labute approximate surface area is 116 Å². The lowest BCUT2D eigenvalue weighted by molar-refractivity contribution is 0.218. The zero-order chi connectivity index (χ0) is 14.0. The van der Waals surface area contributed by atoms with E-state index in [1.807, 2.05) is 11.7 Å². The number of rotatable bonds is 4. The van der Waals surface area contributed by atoms with E-state index in [-0.39, 0.29) is 6.04 Å². The maximum atomic E-state index is 5.86. The van der Waals surface area contributed by atoms with E-state index in [2.05, 4.69) is 31.3 Å². The van der Waals surface area contributed by atoms with Crippen molar-refractivity contribution < 1.29 is 0 Å². The van der Waals surface area contributed by atoms with E-state index in [4.69, 9.17) is 5.84 Å². The normalized spacial score (nSPS) is 25.5. The van der Waals surface area contributed by atoms with E-state index in [0.29, 0.717) is 5.92 Å². The molecule has 0 bridgehead atoms. The van der Waals surface area contributed by atoms with Gasteiger partial charge in [0.1, 0.15) is 0 Å². The molecule has 1 heterocycles. The maximum absolute atomic E-state index is 5.86. The average Bonchev–Trinajstić information content (AvgIpc) is 2.67. The van der Waals surface area contributed by atoms with E-state index < -0.39 is 0 Å². The molecule has 0 aromatic carbocycles.